The highest BCUT2D eigenvalue weighted by atomic mass is 19.2. The quantitative estimate of drug-likeness (QED) is 0.751. The normalized spacial score (nSPS) is 10.5. The maximum Gasteiger partial charge on any atom is 0.279 e. The van der Waals surface area contributed by atoms with E-state index in [-0.39, 0.29) is 5.56 Å². The number of nitrogens with one attached hydrogen (secondary N) is 1. The molecule has 3 rings (SSSR count). The van der Waals surface area contributed by atoms with Gasteiger partial charge < -0.3 is 4.74 Å². The van der Waals surface area contributed by atoms with Crippen LogP contribution in [0.3, 0.4) is 0 Å². The molecular weight excluding hydrogens is 297 g/mol. The van der Waals surface area contributed by atoms with Crippen LogP contribution in [0.15, 0.2) is 48.7 Å². The minimum Gasteiger partial charge on any atom is -0.478 e. The van der Waals surface area contributed by atoms with Crippen LogP contribution in [-0.2, 0) is 0 Å². The summed E-state index contributed by atoms with van der Waals surface area (Å²) >= 11 is 0. The molecule has 0 aliphatic rings. The van der Waals surface area contributed by atoms with Crippen LogP contribution in [0.25, 0.3) is 22.2 Å². The Bertz CT molecular complexity index is 850. The van der Waals surface area contributed by atoms with Crippen molar-refractivity contribution in [3.63, 3.8) is 0 Å². The number of benzene rings is 1. The number of rotatable bonds is 4. The van der Waals surface area contributed by atoms with Gasteiger partial charge in [0, 0.05) is 23.2 Å². The van der Waals surface area contributed by atoms with Gasteiger partial charge in [-0.15, -0.1) is 0 Å². The van der Waals surface area contributed by atoms with E-state index in [9.17, 15) is 9.28 Å². The lowest BCUT2D eigenvalue weighted by Crippen LogP contribution is -2.14. The third-order valence-corrected chi connectivity index (χ3v) is 3.37. The molecule has 0 saturated carbocycles. The van der Waals surface area contributed by atoms with Crippen molar-refractivity contribution in [1.29, 1.82) is 0 Å². The molecule has 0 aliphatic carbocycles. The number of nitrogens with zero attached hydrogens (tertiary/aromatic N) is 2. The Balaban J connectivity index is 2.12. The fraction of sp³-hybridized carbons (Fsp3) is 0.118. The molecule has 0 fully saturated rings. The summed E-state index contributed by atoms with van der Waals surface area (Å²) < 4.78 is 17.9. The molecule has 1 amide bonds. The Kier molecular flexibility index (Phi) is 4.14. The van der Waals surface area contributed by atoms with Crippen molar-refractivity contribution in [2.75, 3.05) is 6.61 Å². The summed E-state index contributed by atoms with van der Waals surface area (Å²) in [5.41, 5.74) is 3.26. The average molecular weight is 311 g/mol. The predicted molar refractivity (Wildman–Crippen MR) is 84.7 cm³/mol. The van der Waals surface area contributed by atoms with Crippen molar-refractivity contribution >= 4 is 16.8 Å². The van der Waals surface area contributed by atoms with Crippen LogP contribution in [0, 0.1) is 0 Å². The summed E-state index contributed by atoms with van der Waals surface area (Å²) in [5.74, 6) is -0.289. The number of halogens is 1. The van der Waals surface area contributed by atoms with Gasteiger partial charge in [-0.25, -0.2) is 9.97 Å². The van der Waals surface area contributed by atoms with Gasteiger partial charge in [-0.1, -0.05) is 22.7 Å². The molecule has 5 nitrogen and oxygen atoms in total. The molecule has 0 radical (unpaired) electrons. The Morgan fingerprint density at radius 2 is 2.09 bits per heavy atom. The Morgan fingerprint density at radius 1 is 1.26 bits per heavy atom. The maximum absolute atomic E-state index is 12.6. The van der Waals surface area contributed by atoms with E-state index in [1.54, 1.807) is 42.6 Å². The molecule has 1 N–H and O–H groups in total. The number of pyridine rings is 2. The van der Waals surface area contributed by atoms with Gasteiger partial charge in [-0.3, -0.25) is 4.79 Å². The Hall–Kier alpha value is -3.02. The number of aromatic nitrogens is 2. The van der Waals surface area contributed by atoms with Crippen molar-refractivity contribution in [1.82, 2.24) is 15.5 Å². The topological polar surface area (TPSA) is 64.1 Å². The molecule has 6 heteroatoms. The van der Waals surface area contributed by atoms with Gasteiger partial charge in [0.2, 0.25) is 5.88 Å². The van der Waals surface area contributed by atoms with E-state index in [1.807, 2.05) is 13.0 Å². The molecule has 0 unspecified atom stereocenters. The van der Waals surface area contributed by atoms with Crippen molar-refractivity contribution in [2.24, 2.45) is 0 Å². The zero-order chi connectivity index (χ0) is 16.2. The second-order valence-corrected chi connectivity index (χ2v) is 4.81. The lowest BCUT2D eigenvalue weighted by molar-refractivity contribution is 0.0861. The van der Waals surface area contributed by atoms with Gasteiger partial charge in [0.15, 0.2) is 0 Å². The molecule has 116 valence electrons. The summed E-state index contributed by atoms with van der Waals surface area (Å²) in [6, 6.07) is 12.2. The summed E-state index contributed by atoms with van der Waals surface area (Å²) in [6.07, 6.45) is 1.61. The first-order valence-electron chi connectivity index (χ1n) is 7.13. The van der Waals surface area contributed by atoms with E-state index in [0.29, 0.717) is 34.6 Å². The summed E-state index contributed by atoms with van der Waals surface area (Å²) in [6.45, 7) is 2.41. The van der Waals surface area contributed by atoms with Crippen LogP contribution in [0.5, 0.6) is 5.88 Å². The van der Waals surface area contributed by atoms with Gasteiger partial charge in [-0.05, 0) is 25.1 Å². The van der Waals surface area contributed by atoms with E-state index in [4.69, 9.17) is 4.74 Å². The number of hydrogen-bond acceptors (Lipinski definition) is 4. The van der Waals surface area contributed by atoms with Crippen LogP contribution in [0.2, 0.25) is 0 Å². The van der Waals surface area contributed by atoms with Gasteiger partial charge in [0.25, 0.3) is 5.91 Å². The van der Waals surface area contributed by atoms with Gasteiger partial charge >= 0.3 is 0 Å². The number of ether oxygens (including phenoxy) is 1. The average Bonchev–Trinajstić information content (AvgIpc) is 2.61. The zero-order valence-corrected chi connectivity index (χ0v) is 12.4. The summed E-state index contributed by atoms with van der Waals surface area (Å²) in [5, 5.41) is 0.588. The van der Waals surface area contributed by atoms with Crippen molar-refractivity contribution < 1.29 is 14.0 Å². The smallest absolute Gasteiger partial charge is 0.279 e. The summed E-state index contributed by atoms with van der Waals surface area (Å²) in [7, 11) is 0. The van der Waals surface area contributed by atoms with Crippen LogP contribution in [0.4, 0.5) is 4.48 Å². The third kappa shape index (κ3) is 2.96. The lowest BCUT2D eigenvalue weighted by atomic mass is 10.0. The molecule has 1 aromatic carbocycles. The van der Waals surface area contributed by atoms with E-state index < -0.39 is 5.91 Å². The molecule has 2 aromatic heterocycles. The Labute approximate surface area is 132 Å². The highest BCUT2D eigenvalue weighted by Gasteiger charge is 2.13. The van der Waals surface area contributed by atoms with E-state index >= 15 is 0 Å². The Morgan fingerprint density at radius 3 is 2.78 bits per heavy atom. The molecule has 2 heterocycles. The molecule has 0 aliphatic heterocycles. The standard InChI is InChI=1S/C17H14FN3O2/c1-2-23-16-8-7-11(10-19-16)15-9-13(17(22)21-18)12-5-3-4-6-14(12)20-15/h3-10H,2H2,1H3,(H,21,22). The highest BCUT2D eigenvalue weighted by Crippen LogP contribution is 2.25. The first-order valence-corrected chi connectivity index (χ1v) is 7.13. The SMILES string of the molecule is CCOc1ccc(-c2cc(C(=O)NF)c3ccccc3n2)cn1. The van der Waals surface area contributed by atoms with E-state index in [2.05, 4.69) is 9.97 Å². The fourth-order valence-electron chi connectivity index (χ4n) is 2.33. The fourth-order valence-corrected chi connectivity index (χ4v) is 2.33. The molecule has 3 aromatic rings. The monoisotopic (exact) mass is 311 g/mol. The number of para-hydroxylation sites is 1. The van der Waals surface area contributed by atoms with Gasteiger partial charge in [0.05, 0.1) is 23.4 Å². The summed E-state index contributed by atoms with van der Waals surface area (Å²) in [4.78, 5) is 20.5. The number of fused-ring (bicyclic) bond motifs is 1. The predicted octanol–water partition coefficient (Wildman–Crippen LogP) is 3.31. The molecule has 23 heavy (non-hydrogen) atoms. The highest BCUT2D eigenvalue weighted by molar-refractivity contribution is 6.06. The van der Waals surface area contributed by atoms with Crippen molar-refractivity contribution in [3.8, 4) is 17.1 Å². The lowest BCUT2D eigenvalue weighted by Gasteiger charge is -2.08. The van der Waals surface area contributed by atoms with Crippen molar-refractivity contribution in [2.45, 2.75) is 6.92 Å². The number of amides is 1. The minimum atomic E-state index is -0.802. The minimum absolute atomic E-state index is 0.224. The van der Waals surface area contributed by atoms with Crippen LogP contribution in [0.1, 0.15) is 17.3 Å². The van der Waals surface area contributed by atoms with Crippen LogP contribution in [-0.4, -0.2) is 22.5 Å². The first kappa shape index (κ1) is 14.9. The molecular formula is C17H14FN3O2. The largest absolute Gasteiger partial charge is 0.478 e. The number of hydrogen-bond donors (Lipinski definition) is 1. The van der Waals surface area contributed by atoms with Crippen molar-refractivity contribution in [3.05, 3.63) is 54.2 Å². The van der Waals surface area contributed by atoms with E-state index in [0.717, 1.165) is 0 Å². The second kappa shape index (κ2) is 6.39. The van der Waals surface area contributed by atoms with Gasteiger partial charge in [-0.2, -0.15) is 5.54 Å². The van der Waals surface area contributed by atoms with Crippen LogP contribution >= 0.6 is 0 Å². The molecule has 0 spiro atoms. The first-order chi connectivity index (χ1) is 11.2. The number of carbonyl (C=O) groups is 1. The van der Waals surface area contributed by atoms with E-state index in [1.165, 1.54) is 5.54 Å². The van der Waals surface area contributed by atoms with Gasteiger partial charge in [0.1, 0.15) is 0 Å². The second-order valence-electron chi connectivity index (χ2n) is 4.81. The zero-order valence-electron chi connectivity index (χ0n) is 12.4. The molecule has 0 bridgehead atoms. The van der Waals surface area contributed by atoms with Crippen LogP contribution < -0.4 is 10.3 Å². The third-order valence-electron chi connectivity index (χ3n) is 3.37. The maximum atomic E-state index is 12.6. The molecule has 0 saturated heterocycles. The number of carbonyl (C=O) groups excluding carboxylic acids is 1. The molecule has 0 atom stereocenters.